The molecule has 2 aliphatic heterocycles. The van der Waals surface area contributed by atoms with E-state index < -0.39 is 0 Å². The molecule has 0 amide bonds. The van der Waals surface area contributed by atoms with Gasteiger partial charge < -0.3 is 10.2 Å². The second kappa shape index (κ2) is 10.8. The summed E-state index contributed by atoms with van der Waals surface area (Å²) < 4.78 is 0. The minimum Gasteiger partial charge on any atom is -0.314 e. The summed E-state index contributed by atoms with van der Waals surface area (Å²) in [5.74, 6) is 0. The molecule has 0 saturated carbocycles. The molecule has 2 fully saturated rings. The summed E-state index contributed by atoms with van der Waals surface area (Å²) >= 11 is 1.94. The summed E-state index contributed by atoms with van der Waals surface area (Å²) in [6.07, 6.45) is 5.31. The van der Waals surface area contributed by atoms with Gasteiger partial charge in [0, 0.05) is 49.0 Å². The van der Waals surface area contributed by atoms with Crippen molar-refractivity contribution in [1.82, 2.24) is 15.1 Å². The van der Waals surface area contributed by atoms with Crippen LogP contribution in [0.15, 0.2) is 60.7 Å². The van der Waals surface area contributed by atoms with Crippen molar-refractivity contribution in [3.8, 4) is 21.6 Å². The average Bonchev–Trinajstić information content (AvgIpc) is 3.33. The molecule has 0 unspecified atom stereocenters. The molecule has 2 saturated heterocycles. The molecule has 168 valence electrons. The number of nitrogens with zero attached hydrogens (tertiary/aromatic N) is 2. The van der Waals surface area contributed by atoms with E-state index in [4.69, 9.17) is 0 Å². The van der Waals surface area contributed by atoms with Gasteiger partial charge in [0.2, 0.25) is 0 Å². The highest BCUT2D eigenvalue weighted by molar-refractivity contribution is 7.15. The molecule has 2 aliphatic rings. The molecule has 0 atom stereocenters. The van der Waals surface area contributed by atoms with Gasteiger partial charge in [-0.25, -0.2) is 0 Å². The van der Waals surface area contributed by atoms with Crippen molar-refractivity contribution >= 4 is 11.3 Å². The van der Waals surface area contributed by atoms with Gasteiger partial charge in [-0.2, -0.15) is 0 Å². The predicted octanol–water partition coefficient (Wildman–Crippen LogP) is 5.52. The molecule has 0 aliphatic carbocycles. The van der Waals surface area contributed by atoms with Crippen LogP contribution in [0.1, 0.15) is 29.7 Å². The smallest absolute Gasteiger partial charge is 0.0346 e. The third kappa shape index (κ3) is 5.68. The zero-order valence-electron chi connectivity index (χ0n) is 19.1. The third-order valence-corrected chi connectivity index (χ3v) is 7.97. The Morgan fingerprint density at radius 2 is 1.50 bits per heavy atom. The van der Waals surface area contributed by atoms with Gasteiger partial charge in [0.05, 0.1) is 0 Å². The number of hydrogen-bond acceptors (Lipinski definition) is 4. The van der Waals surface area contributed by atoms with Crippen LogP contribution in [0.4, 0.5) is 0 Å². The van der Waals surface area contributed by atoms with E-state index in [1.165, 1.54) is 70.9 Å². The number of thiophene rings is 1. The van der Waals surface area contributed by atoms with Gasteiger partial charge in [0.1, 0.15) is 0 Å². The summed E-state index contributed by atoms with van der Waals surface area (Å²) in [7, 11) is 0. The molecule has 0 spiro atoms. The summed E-state index contributed by atoms with van der Waals surface area (Å²) in [6.45, 7) is 9.35. The highest BCUT2D eigenvalue weighted by Gasteiger charge is 2.12. The number of hydrogen-bond donors (Lipinski definition) is 1. The lowest BCUT2D eigenvalue weighted by Gasteiger charge is -2.26. The van der Waals surface area contributed by atoms with Crippen molar-refractivity contribution in [2.45, 2.75) is 32.2 Å². The number of benzene rings is 2. The molecular formula is C28H35N3S. The van der Waals surface area contributed by atoms with Crippen molar-refractivity contribution in [1.29, 1.82) is 0 Å². The van der Waals surface area contributed by atoms with Crippen LogP contribution in [0.3, 0.4) is 0 Å². The number of nitrogens with one attached hydrogen (secondary N) is 1. The topological polar surface area (TPSA) is 18.5 Å². The molecule has 3 heterocycles. The van der Waals surface area contributed by atoms with E-state index in [1.807, 2.05) is 11.3 Å². The Hall–Kier alpha value is -1.98. The number of rotatable bonds is 7. The Morgan fingerprint density at radius 1 is 0.719 bits per heavy atom. The van der Waals surface area contributed by atoms with Crippen LogP contribution in [0.2, 0.25) is 0 Å². The zero-order valence-corrected chi connectivity index (χ0v) is 19.9. The van der Waals surface area contributed by atoms with Crippen LogP contribution in [0.5, 0.6) is 0 Å². The average molecular weight is 446 g/mol. The SMILES string of the molecule is c1cc(-c2ccc(CCN3CCCCC3)cc2)cc(-c2ccc(CN3CCNCC3)s2)c1. The van der Waals surface area contributed by atoms with Crippen LogP contribution < -0.4 is 5.32 Å². The first-order valence-corrected chi connectivity index (χ1v) is 13.1. The highest BCUT2D eigenvalue weighted by Crippen LogP contribution is 2.32. The quantitative estimate of drug-likeness (QED) is 0.517. The zero-order chi connectivity index (χ0) is 21.6. The maximum absolute atomic E-state index is 3.44. The predicted molar refractivity (Wildman–Crippen MR) is 137 cm³/mol. The fraction of sp³-hybridized carbons (Fsp3) is 0.429. The largest absolute Gasteiger partial charge is 0.314 e. The van der Waals surface area contributed by atoms with Crippen molar-refractivity contribution in [2.24, 2.45) is 0 Å². The molecule has 5 rings (SSSR count). The number of likely N-dealkylation sites (tertiary alicyclic amines) is 1. The first kappa shape index (κ1) is 21.8. The minimum absolute atomic E-state index is 1.07. The van der Waals surface area contributed by atoms with E-state index in [0.29, 0.717) is 0 Å². The second-order valence-corrected chi connectivity index (χ2v) is 10.4. The lowest BCUT2D eigenvalue weighted by atomic mass is 10.0. The maximum atomic E-state index is 3.44. The van der Waals surface area contributed by atoms with Crippen LogP contribution in [-0.2, 0) is 13.0 Å². The fourth-order valence-corrected chi connectivity index (χ4v) is 5.94. The molecule has 32 heavy (non-hydrogen) atoms. The van der Waals surface area contributed by atoms with Gasteiger partial charge >= 0.3 is 0 Å². The number of piperazine rings is 1. The second-order valence-electron chi connectivity index (χ2n) is 9.22. The Labute approximate surface area is 197 Å². The maximum Gasteiger partial charge on any atom is 0.0346 e. The van der Waals surface area contributed by atoms with Crippen LogP contribution in [0, 0.1) is 0 Å². The third-order valence-electron chi connectivity index (χ3n) is 6.85. The van der Waals surface area contributed by atoms with E-state index in [0.717, 1.165) is 39.1 Å². The molecule has 1 N–H and O–H groups in total. The first-order valence-electron chi connectivity index (χ1n) is 12.3. The first-order chi connectivity index (χ1) is 15.8. The molecule has 3 aromatic rings. The van der Waals surface area contributed by atoms with E-state index in [2.05, 4.69) is 75.8 Å². The van der Waals surface area contributed by atoms with Gasteiger partial charge in [0.25, 0.3) is 0 Å². The van der Waals surface area contributed by atoms with Gasteiger partial charge in [0.15, 0.2) is 0 Å². The van der Waals surface area contributed by atoms with Crippen molar-refractivity contribution in [2.75, 3.05) is 45.8 Å². The van der Waals surface area contributed by atoms with E-state index in [1.54, 1.807) is 0 Å². The van der Waals surface area contributed by atoms with E-state index >= 15 is 0 Å². The van der Waals surface area contributed by atoms with Crippen LogP contribution in [-0.4, -0.2) is 55.6 Å². The Morgan fingerprint density at radius 3 is 2.31 bits per heavy atom. The van der Waals surface area contributed by atoms with Gasteiger partial charge in [-0.15, -0.1) is 11.3 Å². The summed E-state index contributed by atoms with van der Waals surface area (Å²) in [6, 6.07) is 22.9. The molecule has 0 bridgehead atoms. The molecular weight excluding hydrogens is 410 g/mol. The van der Waals surface area contributed by atoms with Crippen molar-refractivity contribution in [3.05, 3.63) is 71.1 Å². The van der Waals surface area contributed by atoms with Crippen LogP contribution >= 0.6 is 11.3 Å². The van der Waals surface area contributed by atoms with E-state index in [9.17, 15) is 0 Å². The van der Waals surface area contributed by atoms with Crippen LogP contribution in [0.25, 0.3) is 21.6 Å². The number of piperidine rings is 1. The molecule has 1 aromatic heterocycles. The fourth-order valence-electron chi connectivity index (χ4n) is 4.89. The Kier molecular flexibility index (Phi) is 7.34. The highest BCUT2D eigenvalue weighted by atomic mass is 32.1. The lowest BCUT2D eigenvalue weighted by Crippen LogP contribution is -2.42. The monoisotopic (exact) mass is 445 g/mol. The summed E-state index contributed by atoms with van der Waals surface area (Å²) in [4.78, 5) is 8.01. The standard InChI is InChI=1S/C28H35N3S/c1-2-16-30(17-3-1)18-13-23-7-9-24(10-8-23)25-5-4-6-26(21-25)28-12-11-27(32-28)22-31-19-14-29-15-20-31/h4-12,21,29H,1-3,13-20,22H2. The van der Waals surface area contributed by atoms with Gasteiger partial charge in [-0.05, 0) is 72.8 Å². The summed E-state index contributed by atoms with van der Waals surface area (Å²) in [5, 5.41) is 3.44. The van der Waals surface area contributed by atoms with Crippen molar-refractivity contribution in [3.63, 3.8) is 0 Å². The summed E-state index contributed by atoms with van der Waals surface area (Å²) in [5.41, 5.74) is 5.40. The molecule has 2 aromatic carbocycles. The lowest BCUT2D eigenvalue weighted by molar-refractivity contribution is 0.231. The van der Waals surface area contributed by atoms with E-state index in [-0.39, 0.29) is 0 Å². The van der Waals surface area contributed by atoms with Gasteiger partial charge in [-0.1, -0.05) is 48.9 Å². The minimum atomic E-state index is 1.07. The Balaban J connectivity index is 1.23. The molecule has 3 nitrogen and oxygen atoms in total. The molecule has 0 radical (unpaired) electrons. The Bertz CT molecular complexity index is 982. The normalized spacial score (nSPS) is 18.1. The van der Waals surface area contributed by atoms with Gasteiger partial charge in [-0.3, -0.25) is 4.90 Å². The molecule has 4 heteroatoms. The van der Waals surface area contributed by atoms with Crippen molar-refractivity contribution < 1.29 is 0 Å².